The molecule has 0 N–H and O–H groups in total. The minimum Gasteiger partial charge on any atom is -0.382 e. The molecule has 0 unspecified atom stereocenters. The van der Waals surface area contributed by atoms with Crippen LogP contribution in [0.5, 0.6) is 0 Å². The molecule has 82 valence electrons. The summed E-state index contributed by atoms with van der Waals surface area (Å²) in [5, 5.41) is 0. The van der Waals surface area contributed by atoms with E-state index in [1.54, 1.807) is 7.11 Å². The normalized spacial score (nSPS) is 10.0. The fourth-order valence-corrected chi connectivity index (χ4v) is 0.713. The maximum atomic E-state index is 5.20. The molecule has 0 aromatic heterocycles. The van der Waals surface area contributed by atoms with Crippen molar-refractivity contribution in [2.24, 2.45) is 0 Å². The first-order valence-corrected chi connectivity index (χ1v) is 4.57. The van der Waals surface area contributed by atoms with Gasteiger partial charge in [-0.2, -0.15) is 0 Å². The highest BCUT2D eigenvalue weighted by Gasteiger charge is 1.90. The summed E-state index contributed by atoms with van der Waals surface area (Å²) in [6.07, 6.45) is 4.99. The zero-order valence-corrected chi connectivity index (χ0v) is 8.66. The summed E-state index contributed by atoms with van der Waals surface area (Å²) >= 11 is 0. The Balaban J connectivity index is 2.82. The van der Waals surface area contributed by atoms with E-state index in [2.05, 4.69) is 5.92 Å². The van der Waals surface area contributed by atoms with Crippen molar-refractivity contribution < 1.29 is 18.9 Å². The van der Waals surface area contributed by atoms with Gasteiger partial charge < -0.3 is 18.9 Å². The standard InChI is InChI=1S/C10H18O4/c1-3-4-12-7-8-14-10-9-13-6-5-11-2/h1H,4-10H2,2H3. The smallest absolute Gasteiger partial charge is 0.107 e. The van der Waals surface area contributed by atoms with Gasteiger partial charge >= 0.3 is 0 Å². The molecular formula is C10H18O4. The zero-order chi connectivity index (χ0) is 10.5. The summed E-state index contributed by atoms with van der Waals surface area (Å²) < 4.78 is 20.2. The van der Waals surface area contributed by atoms with Crippen molar-refractivity contribution in [2.45, 2.75) is 0 Å². The molecule has 0 aliphatic rings. The van der Waals surface area contributed by atoms with Gasteiger partial charge in [0.1, 0.15) is 6.61 Å². The summed E-state index contributed by atoms with van der Waals surface area (Å²) in [7, 11) is 1.64. The largest absolute Gasteiger partial charge is 0.382 e. The molecule has 0 bridgehead atoms. The van der Waals surface area contributed by atoms with Crippen molar-refractivity contribution in [3.63, 3.8) is 0 Å². The van der Waals surface area contributed by atoms with E-state index in [0.29, 0.717) is 46.2 Å². The Morgan fingerprint density at radius 1 is 0.857 bits per heavy atom. The summed E-state index contributed by atoms with van der Waals surface area (Å²) in [5.41, 5.74) is 0. The van der Waals surface area contributed by atoms with Crippen LogP contribution >= 0.6 is 0 Å². The molecule has 0 heterocycles. The molecule has 0 aliphatic heterocycles. The highest BCUT2D eigenvalue weighted by molar-refractivity contribution is 4.82. The number of hydrogen-bond acceptors (Lipinski definition) is 4. The predicted molar refractivity (Wildman–Crippen MR) is 53.2 cm³/mol. The molecule has 0 aromatic carbocycles. The molecule has 0 atom stereocenters. The first-order chi connectivity index (χ1) is 6.91. The predicted octanol–water partition coefficient (Wildman–Crippen LogP) is 0.316. The second-order valence-corrected chi connectivity index (χ2v) is 2.47. The molecular weight excluding hydrogens is 184 g/mol. The Morgan fingerprint density at radius 3 is 1.86 bits per heavy atom. The average molecular weight is 202 g/mol. The Bertz CT molecular complexity index is 142. The van der Waals surface area contributed by atoms with Gasteiger partial charge in [-0.1, -0.05) is 5.92 Å². The monoisotopic (exact) mass is 202 g/mol. The van der Waals surface area contributed by atoms with Crippen LogP contribution < -0.4 is 0 Å². The van der Waals surface area contributed by atoms with Crippen molar-refractivity contribution in [2.75, 3.05) is 53.4 Å². The maximum Gasteiger partial charge on any atom is 0.107 e. The highest BCUT2D eigenvalue weighted by Crippen LogP contribution is 1.81. The third-order valence-electron chi connectivity index (χ3n) is 1.36. The molecule has 0 spiro atoms. The van der Waals surface area contributed by atoms with Crippen molar-refractivity contribution in [1.82, 2.24) is 0 Å². The molecule has 0 aliphatic carbocycles. The maximum absolute atomic E-state index is 5.20. The van der Waals surface area contributed by atoms with Crippen LogP contribution in [0.3, 0.4) is 0 Å². The Hall–Kier alpha value is -0.600. The molecule has 4 nitrogen and oxygen atoms in total. The van der Waals surface area contributed by atoms with E-state index in [4.69, 9.17) is 25.4 Å². The summed E-state index contributed by atoms with van der Waals surface area (Å²) in [4.78, 5) is 0. The SMILES string of the molecule is C#CCOCCOCCOCCOC. The molecule has 0 radical (unpaired) electrons. The molecule has 0 amide bonds. The summed E-state index contributed by atoms with van der Waals surface area (Å²) in [6, 6.07) is 0. The Morgan fingerprint density at radius 2 is 1.36 bits per heavy atom. The summed E-state index contributed by atoms with van der Waals surface area (Å²) in [6.45, 7) is 3.80. The second kappa shape index (κ2) is 12.4. The highest BCUT2D eigenvalue weighted by atomic mass is 16.6. The van der Waals surface area contributed by atoms with Gasteiger partial charge in [0, 0.05) is 7.11 Å². The number of hydrogen-bond donors (Lipinski definition) is 0. The van der Waals surface area contributed by atoms with E-state index < -0.39 is 0 Å². The molecule has 4 heteroatoms. The van der Waals surface area contributed by atoms with E-state index in [-0.39, 0.29) is 0 Å². The van der Waals surface area contributed by atoms with Gasteiger partial charge in [-0.05, 0) is 0 Å². The van der Waals surface area contributed by atoms with Crippen LogP contribution in [0.2, 0.25) is 0 Å². The number of rotatable bonds is 10. The number of terminal acetylenes is 1. The second-order valence-electron chi connectivity index (χ2n) is 2.47. The third-order valence-corrected chi connectivity index (χ3v) is 1.36. The van der Waals surface area contributed by atoms with E-state index in [1.807, 2.05) is 0 Å². The average Bonchev–Trinajstić information content (AvgIpc) is 2.21. The van der Waals surface area contributed by atoms with Gasteiger partial charge in [0.15, 0.2) is 0 Å². The molecule has 0 rings (SSSR count). The molecule has 0 saturated carbocycles. The van der Waals surface area contributed by atoms with Crippen molar-refractivity contribution in [3.05, 3.63) is 0 Å². The van der Waals surface area contributed by atoms with E-state index in [1.165, 1.54) is 0 Å². The number of ether oxygens (including phenoxy) is 4. The topological polar surface area (TPSA) is 36.9 Å². The first kappa shape index (κ1) is 13.4. The van der Waals surface area contributed by atoms with Gasteiger partial charge in [0.2, 0.25) is 0 Å². The van der Waals surface area contributed by atoms with Crippen molar-refractivity contribution >= 4 is 0 Å². The van der Waals surface area contributed by atoms with E-state index in [0.717, 1.165) is 0 Å². The fraction of sp³-hybridized carbons (Fsp3) is 0.800. The van der Waals surface area contributed by atoms with Gasteiger partial charge in [0.25, 0.3) is 0 Å². The molecule has 0 aromatic rings. The quantitative estimate of drug-likeness (QED) is 0.377. The van der Waals surface area contributed by atoms with Crippen LogP contribution in [-0.2, 0) is 18.9 Å². The number of methoxy groups -OCH3 is 1. The van der Waals surface area contributed by atoms with Crippen LogP contribution in [0.4, 0.5) is 0 Å². The fourth-order valence-electron chi connectivity index (χ4n) is 0.713. The van der Waals surface area contributed by atoms with E-state index >= 15 is 0 Å². The Labute approximate surface area is 85.5 Å². The van der Waals surface area contributed by atoms with Crippen LogP contribution in [0.1, 0.15) is 0 Å². The van der Waals surface area contributed by atoms with Gasteiger partial charge in [0.05, 0.1) is 39.6 Å². The Kier molecular flexibility index (Phi) is 11.9. The van der Waals surface area contributed by atoms with Gasteiger partial charge in [-0.25, -0.2) is 0 Å². The zero-order valence-electron chi connectivity index (χ0n) is 8.66. The van der Waals surface area contributed by atoms with Crippen molar-refractivity contribution in [3.8, 4) is 12.3 Å². The summed E-state index contributed by atoms with van der Waals surface area (Å²) in [5.74, 6) is 2.38. The lowest BCUT2D eigenvalue weighted by molar-refractivity contribution is 0.00759. The van der Waals surface area contributed by atoms with Crippen LogP contribution in [0, 0.1) is 12.3 Å². The minimum absolute atomic E-state index is 0.341. The first-order valence-electron chi connectivity index (χ1n) is 4.57. The van der Waals surface area contributed by atoms with E-state index in [9.17, 15) is 0 Å². The molecule has 0 saturated heterocycles. The minimum atomic E-state index is 0.341. The van der Waals surface area contributed by atoms with Crippen LogP contribution in [-0.4, -0.2) is 53.4 Å². The third kappa shape index (κ3) is 11.4. The lowest BCUT2D eigenvalue weighted by Gasteiger charge is -2.05. The molecule has 14 heavy (non-hydrogen) atoms. The molecule has 0 fully saturated rings. The van der Waals surface area contributed by atoms with Crippen molar-refractivity contribution in [1.29, 1.82) is 0 Å². The van der Waals surface area contributed by atoms with Crippen LogP contribution in [0.25, 0.3) is 0 Å². The van der Waals surface area contributed by atoms with Gasteiger partial charge in [-0.15, -0.1) is 6.42 Å². The van der Waals surface area contributed by atoms with Gasteiger partial charge in [-0.3, -0.25) is 0 Å². The lowest BCUT2D eigenvalue weighted by atomic mass is 10.7. The van der Waals surface area contributed by atoms with Crippen LogP contribution in [0.15, 0.2) is 0 Å². The lowest BCUT2D eigenvalue weighted by Crippen LogP contribution is -2.11.